The Bertz CT molecular complexity index is 1060. The molecule has 4 aliphatic rings. The molecule has 0 aliphatic heterocycles. The second-order valence-electron chi connectivity index (χ2n) is 14.6. The molecular formula is C35H53NO2. The smallest absolute Gasteiger partial charge is 0.338 e. The van der Waals surface area contributed by atoms with Gasteiger partial charge in [0.25, 0.3) is 0 Å². The fourth-order valence-corrected chi connectivity index (χ4v) is 9.88. The van der Waals surface area contributed by atoms with Crippen LogP contribution in [-0.4, -0.2) is 12.1 Å². The molecule has 3 saturated carbocycles. The molecule has 210 valence electrons. The molecule has 0 aromatic heterocycles. The Morgan fingerprint density at radius 2 is 1.84 bits per heavy atom. The van der Waals surface area contributed by atoms with Crippen LogP contribution in [0.15, 0.2) is 29.8 Å². The molecule has 8 atom stereocenters. The molecule has 3 fully saturated rings. The molecule has 3 nitrogen and oxygen atoms in total. The number of nitrogen functional groups attached to an aromatic ring is 1. The number of carbonyl (C=O) groups excluding carboxylic acids is 1. The number of hydrogen-bond donors (Lipinski definition) is 1. The lowest BCUT2D eigenvalue weighted by Crippen LogP contribution is -2.51. The van der Waals surface area contributed by atoms with Gasteiger partial charge in [0.1, 0.15) is 6.10 Å². The third-order valence-electron chi connectivity index (χ3n) is 12.0. The molecule has 2 N–H and O–H groups in total. The Morgan fingerprint density at radius 1 is 1.05 bits per heavy atom. The van der Waals surface area contributed by atoms with Crippen LogP contribution in [0.3, 0.4) is 0 Å². The van der Waals surface area contributed by atoms with Gasteiger partial charge in [-0.2, -0.15) is 0 Å². The molecule has 38 heavy (non-hydrogen) atoms. The van der Waals surface area contributed by atoms with Crippen molar-refractivity contribution in [2.45, 2.75) is 118 Å². The van der Waals surface area contributed by atoms with E-state index >= 15 is 0 Å². The van der Waals surface area contributed by atoms with Gasteiger partial charge in [-0.25, -0.2) is 4.79 Å². The van der Waals surface area contributed by atoms with E-state index < -0.39 is 0 Å². The van der Waals surface area contributed by atoms with Crippen LogP contribution in [0.2, 0.25) is 0 Å². The fraction of sp³-hybridized carbons (Fsp3) is 0.743. The van der Waals surface area contributed by atoms with Crippen molar-refractivity contribution < 1.29 is 9.53 Å². The molecule has 3 heteroatoms. The number of allylic oxidation sites excluding steroid dienone is 1. The first-order chi connectivity index (χ1) is 18.0. The monoisotopic (exact) mass is 519 g/mol. The molecule has 4 aliphatic carbocycles. The Hall–Kier alpha value is -1.77. The van der Waals surface area contributed by atoms with E-state index in [1.807, 2.05) is 19.1 Å². The average Bonchev–Trinajstić information content (AvgIpc) is 3.21. The second-order valence-corrected chi connectivity index (χ2v) is 14.6. The molecule has 1 aromatic rings. The van der Waals surface area contributed by atoms with E-state index in [1.54, 1.807) is 11.6 Å². The van der Waals surface area contributed by atoms with Gasteiger partial charge in [-0.3, -0.25) is 0 Å². The summed E-state index contributed by atoms with van der Waals surface area (Å²) < 4.78 is 6.08. The zero-order valence-electron chi connectivity index (χ0n) is 25.0. The summed E-state index contributed by atoms with van der Waals surface area (Å²) in [6, 6.07) is 5.46. The highest BCUT2D eigenvalue weighted by molar-refractivity contribution is 5.91. The Balaban J connectivity index is 1.25. The first-order valence-electron chi connectivity index (χ1n) is 15.8. The quantitative estimate of drug-likeness (QED) is 0.222. The predicted octanol–water partition coefficient (Wildman–Crippen LogP) is 9.14. The molecule has 0 heterocycles. The van der Waals surface area contributed by atoms with Gasteiger partial charge in [-0.05, 0) is 122 Å². The van der Waals surface area contributed by atoms with Gasteiger partial charge in [-0.1, -0.05) is 65.5 Å². The number of ether oxygens (including phenoxy) is 1. The van der Waals surface area contributed by atoms with E-state index in [2.05, 4.69) is 40.7 Å². The fourth-order valence-electron chi connectivity index (χ4n) is 9.88. The van der Waals surface area contributed by atoms with Gasteiger partial charge < -0.3 is 10.5 Å². The number of esters is 1. The third-order valence-corrected chi connectivity index (χ3v) is 12.0. The topological polar surface area (TPSA) is 52.3 Å². The molecule has 8 unspecified atom stereocenters. The summed E-state index contributed by atoms with van der Waals surface area (Å²) in [7, 11) is 0. The van der Waals surface area contributed by atoms with E-state index in [9.17, 15) is 4.79 Å². The Morgan fingerprint density at radius 3 is 2.58 bits per heavy atom. The molecule has 0 spiro atoms. The van der Waals surface area contributed by atoms with E-state index in [-0.39, 0.29) is 17.5 Å². The maximum atomic E-state index is 13.0. The van der Waals surface area contributed by atoms with Gasteiger partial charge in [0, 0.05) is 12.1 Å². The molecule has 1 aromatic carbocycles. The molecule has 0 radical (unpaired) electrons. The molecule has 0 bridgehead atoms. The minimum absolute atomic E-state index is 0.00765. The van der Waals surface area contributed by atoms with Crippen LogP contribution in [0, 0.1) is 53.3 Å². The Labute approximate surface area is 232 Å². The lowest BCUT2D eigenvalue weighted by atomic mass is 9.47. The summed E-state index contributed by atoms with van der Waals surface area (Å²) in [5, 5.41) is 0. The highest BCUT2D eigenvalue weighted by atomic mass is 16.5. The summed E-state index contributed by atoms with van der Waals surface area (Å²) in [5.41, 5.74) is 10.5. The summed E-state index contributed by atoms with van der Waals surface area (Å²) in [4.78, 5) is 13.0. The SMILES string of the molecule is Cc1cc(N)ccc1C(=O)OC1CCC2(C)C(=CCC3C2CCC2(C)C(C(C)CCCC(C)C)CCC32)C1. The lowest BCUT2D eigenvalue weighted by molar-refractivity contribution is -0.0594. The van der Waals surface area contributed by atoms with Gasteiger partial charge >= 0.3 is 5.97 Å². The van der Waals surface area contributed by atoms with Crippen LogP contribution in [0.4, 0.5) is 5.69 Å². The number of rotatable bonds is 7. The first-order valence-corrected chi connectivity index (χ1v) is 15.8. The number of nitrogens with two attached hydrogens (primary N) is 1. The molecular weight excluding hydrogens is 466 g/mol. The highest BCUT2D eigenvalue weighted by Gasteiger charge is 2.59. The minimum Gasteiger partial charge on any atom is -0.458 e. The number of fused-ring (bicyclic) bond motifs is 5. The van der Waals surface area contributed by atoms with Crippen molar-refractivity contribution in [2.24, 2.45) is 46.3 Å². The normalized spacial score (nSPS) is 37.1. The predicted molar refractivity (Wildman–Crippen MR) is 158 cm³/mol. The maximum absolute atomic E-state index is 13.0. The summed E-state index contributed by atoms with van der Waals surface area (Å²) in [6.45, 7) is 14.5. The first kappa shape index (κ1) is 27.8. The standard InChI is InChI=1S/C35H53NO2/c1-22(2)8-7-9-23(3)30-14-15-31-29-12-10-25-21-27(38-33(37)28-13-11-26(36)20-24(28)4)16-18-34(25,5)32(29)17-19-35(30,31)6/h10-11,13,20,22-23,27,29-32H,7-9,12,14-19,21,36H2,1-6H3. The largest absolute Gasteiger partial charge is 0.458 e. The van der Waals surface area contributed by atoms with E-state index in [4.69, 9.17) is 10.5 Å². The van der Waals surface area contributed by atoms with Crippen molar-refractivity contribution in [3.8, 4) is 0 Å². The van der Waals surface area contributed by atoms with Gasteiger partial charge in [0.05, 0.1) is 5.56 Å². The van der Waals surface area contributed by atoms with Crippen molar-refractivity contribution in [3.63, 3.8) is 0 Å². The summed E-state index contributed by atoms with van der Waals surface area (Å²) in [6.07, 6.45) is 16.7. The van der Waals surface area contributed by atoms with Crippen molar-refractivity contribution >= 4 is 11.7 Å². The zero-order chi connectivity index (χ0) is 27.2. The number of hydrogen-bond acceptors (Lipinski definition) is 3. The third kappa shape index (κ3) is 4.97. The van der Waals surface area contributed by atoms with E-state index in [0.29, 0.717) is 16.7 Å². The average molecular weight is 520 g/mol. The number of benzene rings is 1. The molecule has 0 amide bonds. The van der Waals surface area contributed by atoms with Crippen LogP contribution >= 0.6 is 0 Å². The van der Waals surface area contributed by atoms with Gasteiger partial charge in [0.15, 0.2) is 0 Å². The minimum atomic E-state index is -0.196. The number of carbonyl (C=O) groups is 1. The van der Waals surface area contributed by atoms with Crippen molar-refractivity contribution in [3.05, 3.63) is 41.0 Å². The van der Waals surface area contributed by atoms with Crippen molar-refractivity contribution in [1.82, 2.24) is 0 Å². The Kier molecular flexibility index (Phi) is 7.79. The summed E-state index contributed by atoms with van der Waals surface area (Å²) in [5.74, 6) is 4.93. The number of aryl methyl sites for hydroxylation is 1. The van der Waals surface area contributed by atoms with Crippen LogP contribution < -0.4 is 5.73 Å². The van der Waals surface area contributed by atoms with Gasteiger partial charge in [-0.15, -0.1) is 0 Å². The van der Waals surface area contributed by atoms with E-state index in [1.165, 1.54) is 51.4 Å². The van der Waals surface area contributed by atoms with Gasteiger partial charge in [0.2, 0.25) is 0 Å². The maximum Gasteiger partial charge on any atom is 0.338 e. The van der Waals surface area contributed by atoms with E-state index in [0.717, 1.165) is 60.3 Å². The second kappa shape index (κ2) is 10.7. The summed E-state index contributed by atoms with van der Waals surface area (Å²) >= 11 is 0. The lowest BCUT2D eigenvalue weighted by Gasteiger charge is -2.58. The van der Waals surface area contributed by atoms with Crippen LogP contribution in [0.25, 0.3) is 0 Å². The van der Waals surface area contributed by atoms with Crippen molar-refractivity contribution in [2.75, 3.05) is 5.73 Å². The van der Waals surface area contributed by atoms with Crippen molar-refractivity contribution in [1.29, 1.82) is 0 Å². The highest BCUT2D eigenvalue weighted by Crippen LogP contribution is 2.67. The van der Waals surface area contributed by atoms with Crippen LogP contribution in [0.1, 0.15) is 121 Å². The zero-order valence-corrected chi connectivity index (χ0v) is 25.0. The van der Waals surface area contributed by atoms with Crippen LogP contribution in [0.5, 0.6) is 0 Å². The molecule has 5 rings (SSSR count). The van der Waals surface area contributed by atoms with Crippen LogP contribution in [-0.2, 0) is 4.74 Å². The number of anilines is 1. The molecule has 0 saturated heterocycles.